The minimum atomic E-state index is -0.468. The summed E-state index contributed by atoms with van der Waals surface area (Å²) >= 11 is 0. The molecule has 0 rings (SSSR count). The van der Waals surface area contributed by atoms with Crippen molar-refractivity contribution >= 4 is 17.7 Å². The van der Waals surface area contributed by atoms with Crippen molar-refractivity contribution in [3.05, 3.63) is 0 Å². The lowest BCUT2D eigenvalue weighted by Crippen LogP contribution is -2.30. The molecule has 0 fully saturated rings. The molecule has 0 bridgehead atoms. The van der Waals surface area contributed by atoms with E-state index in [1.165, 1.54) is 6.92 Å². The lowest BCUT2D eigenvalue weighted by atomic mass is 9.92. The first kappa shape index (κ1) is 21.9. The average Bonchev–Trinajstić information content (AvgIpc) is 2.38. The third-order valence-corrected chi connectivity index (χ3v) is 2.62. The summed E-state index contributed by atoms with van der Waals surface area (Å²) in [7, 11) is 0. The standard InChI is InChI=1S/C14H25NO4.C2H6/c1-5-6-12(13(17)9-11(4)16)7-8-15-14(18)19-10(2)3;1-2/h10,12H,5-9H2,1-4H3,(H,15,18);1-2H3. The number of hydrogen-bond acceptors (Lipinski definition) is 4. The van der Waals surface area contributed by atoms with Crippen LogP contribution in [-0.4, -0.2) is 30.3 Å². The zero-order chi connectivity index (χ0) is 16.8. The van der Waals surface area contributed by atoms with Crippen LogP contribution < -0.4 is 5.32 Å². The van der Waals surface area contributed by atoms with E-state index in [0.717, 1.165) is 12.8 Å². The highest BCUT2D eigenvalue weighted by Gasteiger charge is 2.19. The Balaban J connectivity index is 0. The van der Waals surface area contributed by atoms with E-state index >= 15 is 0 Å². The highest BCUT2D eigenvalue weighted by Crippen LogP contribution is 2.14. The number of hydrogen-bond donors (Lipinski definition) is 1. The van der Waals surface area contributed by atoms with Gasteiger partial charge in [-0.25, -0.2) is 4.79 Å². The first-order valence-electron chi connectivity index (χ1n) is 7.83. The van der Waals surface area contributed by atoms with Crippen molar-refractivity contribution in [3.63, 3.8) is 0 Å². The molecule has 0 spiro atoms. The van der Waals surface area contributed by atoms with Crippen molar-refractivity contribution in [2.45, 2.75) is 73.3 Å². The SMILES string of the molecule is CC.CCCC(CCNC(=O)OC(C)C)C(=O)CC(C)=O. The fourth-order valence-electron chi connectivity index (χ4n) is 1.81. The van der Waals surface area contributed by atoms with E-state index in [1.54, 1.807) is 13.8 Å². The van der Waals surface area contributed by atoms with Crippen molar-refractivity contribution < 1.29 is 19.1 Å². The quantitative estimate of drug-likeness (QED) is 0.661. The second kappa shape index (κ2) is 13.6. The van der Waals surface area contributed by atoms with Gasteiger partial charge in [0.05, 0.1) is 12.5 Å². The van der Waals surface area contributed by atoms with Crippen molar-refractivity contribution in [2.75, 3.05) is 6.54 Å². The van der Waals surface area contributed by atoms with Crippen molar-refractivity contribution in [2.24, 2.45) is 5.92 Å². The Morgan fingerprint density at radius 1 is 1.10 bits per heavy atom. The number of nitrogens with one attached hydrogen (secondary N) is 1. The van der Waals surface area contributed by atoms with E-state index in [2.05, 4.69) is 5.32 Å². The largest absolute Gasteiger partial charge is 0.447 e. The Labute approximate surface area is 128 Å². The van der Waals surface area contributed by atoms with E-state index in [4.69, 9.17) is 4.74 Å². The van der Waals surface area contributed by atoms with Crippen LogP contribution in [0.1, 0.15) is 67.2 Å². The average molecular weight is 301 g/mol. The molecule has 0 aromatic heterocycles. The third kappa shape index (κ3) is 13.4. The minimum absolute atomic E-state index is 0.0128. The summed E-state index contributed by atoms with van der Waals surface area (Å²) < 4.78 is 4.93. The molecule has 0 aliphatic rings. The van der Waals surface area contributed by atoms with E-state index < -0.39 is 6.09 Å². The van der Waals surface area contributed by atoms with Crippen molar-refractivity contribution in [3.8, 4) is 0 Å². The van der Waals surface area contributed by atoms with Crippen LogP contribution in [0.5, 0.6) is 0 Å². The Hall–Kier alpha value is -1.39. The number of ether oxygens (including phenoxy) is 1. The fraction of sp³-hybridized carbons (Fsp3) is 0.812. The molecule has 0 aliphatic carbocycles. The second-order valence-electron chi connectivity index (χ2n) is 5.00. The summed E-state index contributed by atoms with van der Waals surface area (Å²) in [5.41, 5.74) is 0. The molecule has 0 aliphatic heterocycles. The van der Waals surface area contributed by atoms with Gasteiger partial charge in [0, 0.05) is 12.5 Å². The molecule has 0 radical (unpaired) electrons. The molecule has 21 heavy (non-hydrogen) atoms. The van der Waals surface area contributed by atoms with E-state index in [9.17, 15) is 14.4 Å². The van der Waals surface area contributed by atoms with Crippen LogP contribution in [0.25, 0.3) is 0 Å². The predicted octanol–water partition coefficient (Wildman–Crippen LogP) is 3.50. The number of carbonyl (C=O) groups is 3. The molecule has 5 heteroatoms. The number of rotatable bonds is 9. The second-order valence-corrected chi connectivity index (χ2v) is 5.00. The van der Waals surface area contributed by atoms with Gasteiger partial charge in [-0.15, -0.1) is 0 Å². The maximum absolute atomic E-state index is 11.8. The summed E-state index contributed by atoms with van der Waals surface area (Å²) in [6, 6.07) is 0. The number of amides is 1. The van der Waals surface area contributed by atoms with Crippen LogP contribution in [0.3, 0.4) is 0 Å². The van der Waals surface area contributed by atoms with Gasteiger partial charge in [0.25, 0.3) is 0 Å². The summed E-state index contributed by atoms with van der Waals surface area (Å²) in [4.78, 5) is 34.1. The van der Waals surface area contributed by atoms with Gasteiger partial charge in [0.2, 0.25) is 0 Å². The van der Waals surface area contributed by atoms with Gasteiger partial charge in [0.15, 0.2) is 0 Å². The summed E-state index contributed by atoms with van der Waals surface area (Å²) in [6.07, 6.45) is 1.53. The van der Waals surface area contributed by atoms with Gasteiger partial charge < -0.3 is 10.1 Å². The maximum Gasteiger partial charge on any atom is 0.407 e. The topological polar surface area (TPSA) is 72.5 Å². The lowest BCUT2D eigenvalue weighted by molar-refractivity contribution is -0.128. The molecule has 124 valence electrons. The molecular formula is C16H31NO4. The Bertz CT molecular complexity index is 313. The predicted molar refractivity (Wildman–Crippen MR) is 84.3 cm³/mol. The maximum atomic E-state index is 11.8. The van der Waals surface area contributed by atoms with Crippen molar-refractivity contribution in [1.82, 2.24) is 5.32 Å². The first-order chi connectivity index (χ1) is 9.86. The van der Waals surface area contributed by atoms with Crippen LogP contribution in [-0.2, 0) is 14.3 Å². The van der Waals surface area contributed by atoms with Gasteiger partial charge >= 0.3 is 6.09 Å². The van der Waals surface area contributed by atoms with E-state index in [-0.39, 0.29) is 30.0 Å². The molecular weight excluding hydrogens is 270 g/mol. The van der Waals surface area contributed by atoms with Gasteiger partial charge in [-0.3, -0.25) is 9.59 Å². The Morgan fingerprint density at radius 2 is 1.67 bits per heavy atom. The van der Waals surface area contributed by atoms with Gasteiger partial charge in [0.1, 0.15) is 11.6 Å². The summed E-state index contributed by atoms with van der Waals surface area (Å²) in [5.74, 6) is -0.306. The zero-order valence-electron chi connectivity index (χ0n) is 14.3. The molecule has 5 nitrogen and oxygen atoms in total. The molecule has 0 heterocycles. The van der Waals surface area contributed by atoms with Crippen LogP contribution in [0.4, 0.5) is 4.79 Å². The number of carbonyl (C=O) groups excluding carboxylic acids is 3. The molecule has 1 N–H and O–H groups in total. The van der Waals surface area contributed by atoms with Gasteiger partial charge in [-0.05, 0) is 33.6 Å². The number of ketones is 2. The molecule has 1 amide bonds. The van der Waals surface area contributed by atoms with Crippen LogP contribution in [0, 0.1) is 5.92 Å². The Morgan fingerprint density at radius 3 is 2.10 bits per heavy atom. The van der Waals surface area contributed by atoms with E-state index in [1.807, 2.05) is 20.8 Å². The molecule has 0 saturated heterocycles. The van der Waals surface area contributed by atoms with Crippen LogP contribution in [0.2, 0.25) is 0 Å². The highest BCUT2D eigenvalue weighted by molar-refractivity contribution is 5.99. The molecule has 1 atom stereocenters. The summed E-state index contributed by atoms with van der Waals surface area (Å²) in [5, 5.41) is 2.61. The normalized spacial score (nSPS) is 11.2. The Kier molecular flexibility index (Phi) is 14.2. The third-order valence-electron chi connectivity index (χ3n) is 2.62. The number of alkyl carbamates (subject to hydrolysis) is 1. The van der Waals surface area contributed by atoms with Crippen molar-refractivity contribution in [1.29, 1.82) is 0 Å². The molecule has 1 unspecified atom stereocenters. The zero-order valence-corrected chi connectivity index (χ0v) is 14.3. The fourth-order valence-corrected chi connectivity index (χ4v) is 1.81. The smallest absolute Gasteiger partial charge is 0.407 e. The van der Waals surface area contributed by atoms with Gasteiger partial charge in [-0.2, -0.15) is 0 Å². The monoisotopic (exact) mass is 301 g/mol. The minimum Gasteiger partial charge on any atom is -0.447 e. The van der Waals surface area contributed by atoms with Gasteiger partial charge in [-0.1, -0.05) is 27.2 Å². The first-order valence-corrected chi connectivity index (χ1v) is 7.83. The lowest BCUT2D eigenvalue weighted by Gasteiger charge is -2.15. The van der Waals surface area contributed by atoms with E-state index in [0.29, 0.717) is 13.0 Å². The summed E-state index contributed by atoms with van der Waals surface area (Å²) in [6.45, 7) is 11.3. The number of Topliss-reactive ketones (excluding diaryl/α,β-unsaturated/α-hetero) is 2. The molecule has 0 aromatic carbocycles. The molecule has 0 saturated carbocycles. The van der Waals surface area contributed by atoms with Crippen LogP contribution >= 0.6 is 0 Å². The molecule has 0 aromatic rings. The highest BCUT2D eigenvalue weighted by atomic mass is 16.6. The van der Waals surface area contributed by atoms with Crippen LogP contribution in [0.15, 0.2) is 0 Å².